The fourth-order valence-electron chi connectivity index (χ4n) is 4.96. The number of fused-ring (bicyclic) bond motifs is 1. The molecule has 10 nitrogen and oxygen atoms in total. The number of carbonyl (C=O) groups is 3. The Hall–Kier alpha value is -2.07. The Labute approximate surface area is 188 Å². The molecule has 7 unspecified atom stereocenters. The molecular weight excluding hydrogens is 503 g/mol. The average Bonchev–Trinajstić information content (AvgIpc) is 3.34. The third kappa shape index (κ3) is 4.02. The molecule has 7 atom stereocenters. The summed E-state index contributed by atoms with van der Waals surface area (Å²) in [5.41, 5.74) is 0. The molecule has 16 heteroatoms. The van der Waals surface area contributed by atoms with E-state index in [1.165, 1.54) is 0 Å². The molecule has 4 rings (SSSR count). The van der Waals surface area contributed by atoms with Crippen molar-refractivity contribution < 1.29 is 68.3 Å². The summed E-state index contributed by atoms with van der Waals surface area (Å²) in [6.45, 7) is 0. The molecule has 3 heterocycles. The molecule has 34 heavy (non-hydrogen) atoms. The summed E-state index contributed by atoms with van der Waals surface area (Å²) < 4.78 is 119. The molecule has 0 N–H and O–H groups in total. The van der Waals surface area contributed by atoms with Gasteiger partial charge in [0.05, 0.1) is 5.92 Å². The van der Waals surface area contributed by atoms with Crippen molar-refractivity contribution in [2.75, 3.05) is 0 Å². The van der Waals surface area contributed by atoms with Crippen LogP contribution in [0.3, 0.4) is 0 Å². The molecule has 0 aromatic carbocycles. The Balaban J connectivity index is 1.56. The highest BCUT2D eigenvalue weighted by Crippen LogP contribution is 2.52. The second kappa shape index (κ2) is 8.26. The molecule has 1 saturated carbocycles. The molecular formula is C18H18F5O10S-. The van der Waals surface area contributed by atoms with Gasteiger partial charge in [0.2, 0.25) is 0 Å². The van der Waals surface area contributed by atoms with Crippen LogP contribution in [0.15, 0.2) is 0 Å². The van der Waals surface area contributed by atoms with Gasteiger partial charge in [0.1, 0.15) is 24.0 Å². The van der Waals surface area contributed by atoms with Crippen LogP contribution in [0.1, 0.15) is 32.1 Å². The van der Waals surface area contributed by atoms with E-state index in [1.807, 2.05) is 0 Å². The maximum absolute atomic E-state index is 13.8. The molecule has 1 aliphatic carbocycles. The first-order valence-electron chi connectivity index (χ1n) is 10.3. The van der Waals surface area contributed by atoms with Gasteiger partial charge in [-0.25, -0.2) is 8.42 Å². The van der Waals surface area contributed by atoms with E-state index in [0.29, 0.717) is 12.8 Å². The van der Waals surface area contributed by atoms with Crippen LogP contribution in [0.25, 0.3) is 0 Å². The molecule has 192 valence electrons. The Kier molecular flexibility index (Phi) is 6.08. The fourth-order valence-corrected chi connectivity index (χ4v) is 5.40. The minimum Gasteiger partial charge on any atom is -0.743 e. The van der Waals surface area contributed by atoms with Gasteiger partial charge in [-0.3, -0.25) is 14.4 Å². The van der Waals surface area contributed by atoms with Crippen LogP contribution in [0.4, 0.5) is 22.0 Å². The van der Waals surface area contributed by atoms with Crippen molar-refractivity contribution in [1.82, 2.24) is 0 Å². The van der Waals surface area contributed by atoms with E-state index in [0.717, 1.165) is 19.3 Å². The third-order valence-electron chi connectivity index (χ3n) is 6.54. The second-order valence-corrected chi connectivity index (χ2v) is 10.1. The van der Waals surface area contributed by atoms with Gasteiger partial charge in [0, 0.05) is 0 Å². The van der Waals surface area contributed by atoms with Crippen molar-refractivity contribution in [3.8, 4) is 0 Å². The predicted octanol–water partition coefficient (Wildman–Crippen LogP) is 1.03. The van der Waals surface area contributed by atoms with E-state index in [9.17, 15) is 49.3 Å². The fraction of sp³-hybridized carbons (Fsp3) is 0.833. The minimum atomic E-state index is -6.90. The second-order valence-electron chi connectivity index (χ2n) is 8.63. The molecule has 4 aliphatic rings. The molecule has 0 spiro atoms. The molecule has 0 radical (unpaired) electrons. The highest BCUT2D eigenvalue weighted by Gasteiger charge is 2.73. The van der Waals surface area contributed by atoms with Crippen molar-refractivity contribution in [3.63, 3.8) is 0 Å². The lowest BCUT2D eigenvalue weighted by Gasteiger charge is -2.32. The molecule has 3 aliphatic heterocycles. The smallest absolute Gasteiger partial charge is 0.432 e. The molecule has 3 saturated heterocycles. The topological polar surface area (TPSA) is 145 Å². The van der Waals surface area contributed by atoms with E-state index in [1.54, 1.807) is 0 Å². The van der Waals surface area contributed by atoms with Crippen LogP contribution in [-0.2, 0) is 43.4 Å². The summed E-state index contributed by atoms with van der Waals surface area (Å²) in [7, 11) is -6.90. The predicted molar refractivity (Wildman–Crippen MR) is 92.6 cm³/mol. The lowest BCUT2D eigenvalue weighted by molar-refractivity contribution is -0.261. The van der Waals surface area contributed by atoms with Gasteiger partial charge in [0.15, 0.2) is 22.3 Å². The number of esters is 3. The van der Waals surface area contributed by atoms with E-state index >= 15 is 0 Å². The van der Waals surface area contributed by atoms with Gasteiger partial charge in [-0.2, -0.15) is 22.0 Å². The zero-order chi connectivity index (χ0) is 25.2. The number of alkyl halides is 5. The largest absolute Gasteiger partial charge is 0.743 e. The summed E-state index contributed by atoms with van der Waals surface area (Å²) in [5, 5.41) is -6.05. The first-order valence-corrected chi connectivity index (χ1v) is 11.7. The molecule has 0 amide bonds. The van der Waals surface area contributed by atoms with Crippen LogP contribution < -0.4 is 0 Å². The highest BCUT2D eigenvalue weighted by atomic mass is 32.2. The Morgan fingerprint density at radius 3 is 2.18 bits per heavy atom. The maximum Gasteiger partial charge on any atom is 0.432 e. The van der Waals surface area contributed by atoms with Gasteiger partial charge in [-0.05, 0) is 12.8 Å². The Bertz CT molecular complexity index is 976. The van der Waals surface area contributed by atoms with Crippen molar-refractivity contribution >= 4 is 28.0 Å². The van der Waals surface area contributed by atoms with E-state index in [2.05, 4.69) is 4.74 Å². The maximum atomic E-state index is 13.8. The highest BCUT2D eigenvalue weighted by molar-refractivity contribution is 7.86. The van der Waals surface area contributed by atoms with Gasteiger partial charge in [-0.15, -0.1) is 0 Å². The first kappa shape index (κ1) is 25.0. The van der Waals surface area contributed by atoms with Crippen LogP contribution in [0.5, 0.6) is 0 Å². The number of carbonyl (C=O) groups excluding carboxylic acids is 3. The number of hydrogen-bond acceptors (Lipinski definition) is 10. The molecule has 0 aromatic heterocycles. The number of halogens is 5. The van der Waals surface area contributed by atoms with Gasteiger partial charge < -0.3 is 23.5 Å². The van der Waals surface area contributed by atoms with Crippen LogP contribution in [0, 0.1) is 17.8 Å². The number of rotatable bonds is 6. The SMILES string of the molecule is O=C(OC1C2OC(=O)C3C2OC1C3C(=O)OC(C(F)(F)F)C(F)(F)S(=O)(=O)[O-])C1CCCCC1. The standard InChI is InChI=1S/C18H19F5O10S/c19-17(20,21)16(18(22,23)34(27,28)29)33-15(26)8-7-9-12(32-14(7)25)11(10(8)30-9)31-13(24)6-4-2-1-3-5-6/h6-12,16H,1-5H2,(H,27,28,29)/p-1. The molecule has 0 aromatic rings. The summed E-state index contributed by atoms with van der Waals surface area (Å²) in [6, 6.07) is 0. The monoisotopic (exact) mass is 521 g/mol. The van der Waals surface area contributed by atoms with Crippen LogP contribution >= 0.6 is 0 Å². The van der Waals surface area contributed by atoms with Crippen LogP contribution in [0.2, 0.25) is 0 Å². The van der Waals surface area contributed by atoms with Crippen molar-refractivity contribution in [1.29, 1.82) is 0 Å². The molecule has 2 bridgehead atoms. The zero-order valence-corrected chi connectivity index (χ0v) is 17.9. The van der Waals surface area contributed by atoms with Gasteiger partial charge in [0.25, 0.3) is 6.10 Å². The van der Waals surface area contributed by atoms with E-state index in [4.69, 9.17) is 14.2 Å². The number of hydrogen-bond donors (Lipinski definition) is 0. The molecule has 4 fully saturated rings. The van der Waals surface area contributed by atoms with Gasteiger partial charge in [-0.1, -0.05) is 19.3 Å². The summed E-state index contributed by atoms with van der Waals surface area (Å²) >= 11 is 0. The summed E-state index contributed by atoms with van der Waals surface area (Å²) in [6.07, 6.45) is -12.6. The number of ether oxygens (including phenoxy) is 4. The Morgan fingerprint density at radius 1 is 1.00 bits per heavy atom. The third-order valence-corrected chi connectivity index (χ3v) is 7.42. The van der Waals surface area contributed by atoms with E-state index in [-0.39, 0.29) is 0 Å². The van der Waals surface area contributed by atoms with E-state index < -0.39 is 87.7 Å². The quantitative estimate of drug-likeness (QED) is 0.215. The van der Waals surface area contributed by atoms with Crippen molar-refractivity contribution in [2.24, 2.45) is 17.8 Å². The normalized spacial score (nSPS) is 34.6. The first-order chi connectivity index (χ1) is 15.6. The lowest BCUT2D eigenvalue weighted by atomic mass is 9.78. The van der Waals surface area contributed by atoms with Gasteiger partial charge >= 0.3 is 29.3 Å². The summed E-state index contributed by atoms with van der Waals surface area (Å²) in [5.74, 6) is -7.86. The van der Waals surface area contributed by atoms with Crippen LogP contribution in [-0.4, -0.2) is 72.8 Å². The Morgan fingerprint density at radius 2 is 1.62 bits per heavy atom. The lowest BCUT2D eigenvalue weighted by Crippen LogP contribution is -2.55. The zero-order valence-electron chi connectivity index (χ0n) is 17.0. The van der Waals surface area contributed by atoms with Crippen molar-refractivity contribution in [3.05, 3.63) is 0 Å². The summed E-state index contributed by atoms with van der Waals surface area (Å²) in [4.78, 5) is 37.3. The minimum absolute atomic E-state index is 0.484. The van der Waals surface area contributed by atoms with Crippen molar-refractivity contribution in [2.45, 2.75) is 74.1 Å². The average molecular weight is 521 g/mol.